The minimum absolute atomic E-state index is 0.0406. The van der Waals surface area contributed by atoms with Gasteiger partial charge in [0.15, 0.2) is 0 Å². The van der Waals surface area contributed by atoms with Gasteiger partial charge in [-0.05, 0) is 24.5 Å². The Labute approximate surface area is 185 Å². The lowest BCUT2D eigenvalue weighted by atomic mass is 9.71. The van der Waals surface area contributed by atoms with E-state index in [4.69, 9.17) is 4.74 Å². The normalized spacial score (nSPS) is 20.2. The Morgan fingerprint density at radius 3 is 2.53 bits per heavy atom. The first-order valence-electron chi connectivity index (χ1n) is 10.6. The standard InChI is InChI=1S/C25H24N2O5/c1-16-22(25(29)32-15-14-17-6-3-2-4-7-17)23(18-10-12-19(13-11-18)27(30)31)24-20(26-16)8-5-9-21(24)28/h2-4,6-8,10-13,23-24,26H,5,9,14-15H2,1H3. The number of esters is 1. The summed E-state index contributed by atoms with van der Waals surface area (Å²) in [5, 5.41) is 14.3. The number of hydrogen-bond acceptors (Lipinski definition) is 6. The molecular weight excluding hydrogens is 408 g/mol. The summed E-state index contributed by atoms with van der Waals surface area (Å²) in [5.41, 5.74) is 3.51. The Hall–Kier alpha value is -3.74. The number of allylic oxidation sites excluding steroid dienone is 3. The van der Waals surface area contributed by atoms with Crippen LogP contribution < -0.4 is 5.32 Å². The van der Waals surface area contributed by atoms with E-state index in [-0.39, 0.29) is 18.1 Å². The number of benzene rings is 2. The third kappa shape index (κ3) is 4.32. The zero-order chi connectivity index (χ0) is 22.7. The highest BCUT2D eigenvalue weighted by atomic mass is 16.6. The molecule has 0 amide bonds. The van der Waals surface area contributed by atoms with Gasteiger partial charge in [0.1, 0.15) is 5.78 Å². The van der Waals surface area contributed by atoms with Crippen LogP contribution in [0, 0.1) is 16.0 Å². The Balaban J connectivity index is 1.64. The molecule has 7 heteroatoms. The molecule has 164 valence electrons. The van der Waals surface area contributed by atoms with Gasteiger partial charge in [-0.2, -0.15) is 0 Å². The third-order valence-corrected chi connectivity index (χ3v) is 5.97. The van der Waals surface area contributed by atoms with Gasteiger partial charge in [0.05, 0.1) is 23.0 Å². The molecule has 0 spiro atoms. The van der Waals surface area contributed by atoms with Crippen molar-refractivity contribution in [1.82, 2.24) is 5.32 Å². The maximum absolute atomic E-state index is 13.2. The summed E-state index contributed by atoms with van der Waals surface area (Å²) >= 11 is 0. The molecule has 2 aliphatic rings. The van der Waals surface area contributed by atoms with E-state index < -0.39 is 22.7 Å². The largest absolute Gasteiger partial charge is 0.462 e. The summed E-state index contributed by atoms with van der Waals surface area (Å²) in [5.74, 6) is -1.53. The van der Waals surface area contributed by atoms with Crippen LogP contribution >= 0.6 is 0 Å². The molecule has 2 unspecified atom stereocenters. The summed E-state index contributed by atoms with van der Waals surface area (Å²) < 4.78 is 5.61. The molecule has 0 fully saturated rings. The molecule has 1 aliphatic heterocycles. The highest BCUT2D eigenvalue weighted by Crippen LogP contribution is 2.44. The van der Waals surface area contributed by atoms with Gasteiger partial charge >= 0.3 is 5.97 Å². The first kappa shape index (κ1) is 21.5. The number of carbonyl (C=O) groups excluding carboxylic acids is 2. The number of nitro benzene ring substituents is 1. The molecule has 32 heavy (non-hydrogen) atoms. The summed E-state index contributed by atoms with van der Waals surface area (Å²) in [7, 11) is 0. The lowest BCUT2D eigenvalue weighted by Gasteiger charge is -2.37. The van der Waals surface area contributed by atoms with E-state index in [1.54, 1.807) is 19.1 Å². The van der Waals surface area contributed by atoms with Gasteiger partial charge < -0.3 is 10.1 Å². The predicted molar refractivity (Wildman–Crippen MR) is 119 cm³/mol. The molecule has 0 radical (unpaired) electrons. The van der Waals surface area contributed by atoms with E-state index in [1.165, 1.54) is 12.1 Å². The maximum atomic E-state index is 13.2. The van der Waals surface area contributed by atoms with Crippen molar-refractivity contribution < 1.29 is 19.2 Å². The van der Waals surface area contributed by atoms with Crippen molar-refractivity contribution in [2.24, 2.45) is 5.92 Å². The van der Waals surface area contributed by atoms with Crippen LogP contribution in [0.2, 0.25) is 0 Å². The van der Waals surface area contributed by atoms with Crippen LogP contribution in [0.3, 0.4) is 0 Å². The summed E-state index contributed by atoms with van der Waals surface area (Å²) in [4.78, 5) is 36.7. The second kappa shape index (κ2) is 9.18. The monoisotopic (exact) mass is 432 g/mol. The SMILES string of the molecule is CC1=C(C(=O)OCCc2ccccc2)C(c2ccc([N+](=O)[O-])cc2)C2C(=O)CCC=C2N1. The van der Waals surface area contributed by atoms with Gasteiger partial charge in [-0.3, -0.25) is 14.9 Å². The summed E-state index contributed by atoms with van der Waals surface area (Å²) in [6.45, 7) is 2.01. The molecule has 0 saturated carbocycles. The third-order valence-electron chi connectivity index (χ3n) is 5.97. The molecule has 4 rings (SSSR count). The van der Waals surface area contributed by atoms with Crippen molar-refractivity contribution >= 4 is 17.4 Å². The van der Waals surface area contributed by atoms with Crippen LogP contribution in [0.5, 0.6) is 0 Å². The molecule has 1 heterocycles. The quantitative estimate of drug-likeness (QED) is 0.417. The molecule has 1 aliphatic carbocycles. The molecule has 0 saturated heterocycles. The fourth-order valence-corrected chi connectivity index (χ4v) is 4.43. The van der Waals surface area contributed by atoms with E-state index in [1.807, 2.05) is 36.4 Å². The van der Waals surface area contributed by atoms with Crippen molar-refractivity contribution in [3.8, 4) is 0 Å². The van der Waals surface area contributed by atoms with Crippen molar-refractivity contribution in [2.75, 3.05) is 6.61 Å². The maximum Gasteiger partial charge on any atom is 0.336 e. The van der Waals surface area contributed by atoms with Crippen molar-refractivity contribution in [3.63, 3.8) is 0 Å². The van der Waals surface area contributed by atoms with Crippen LogP contribution in [-0.4, -0.2) is 23.3 Å². The smallest absolute Gasteiger partial charge is 0.336 e. The average Bonchev–Trinajstić information content (AvgIpc) is 2.79. The Bertz CT molecular complexity index is 1100. The number of nitrogens with zero attached hydrogens (tertiary/aromatic N) is 1. The fourth-order valence-electron chi connectivity index (χ4n) is 4.43. The summed E-state index contributed by atoms with van der Waals surface area (Å²) in [6, 6.07) is 15.8. The van der Waals surface area contributed by atoms with Crippen molar-refractivity contribution in [3.05, 3.63) is 98.9 Å². The van der Waals surface area contributed by atoms with E-state index in [0.717, 1.165) is 11.3 Å². The molecule has 2 aromatic rings. The van der Waals surface area contributed by atoms with Gasteiger partial charge in [-0.15, -0.1) is 0 Å². The lowest BCUT2D eigenvalue weighted by Crippen LogP contribution is -2.40. The number of nitro groups is 1. The number of nitrogens with one attached hydrogen (secondary N) is 1. The number of fused-ring (bicyclic) bond motifs is 1. The Morgan fingerprint density at radius 2 is 1.84 bits per heavy atom. The number of ketones is 1. The number of rotatable bonds is 6. The molecule has 1 N–H and O–H groups in total. The van der Waals surface area contributed by atoms with Crippen LogP contribution in [-0.2, 0) is 20.7 Å². The topological polar surface area (TPSA) is 98.5 Å². The predicted octanol–water partition coefficient (Wildman–Crippen LogP) is 4.20. The molecule has 2 atom stereocenters. The fraction of sp³-hybridized carbons (Fsp3) is 0.280. The number of Topliss-reactive ketones (excluding diaryl/α,β-unsaturated/α-hetero) is 1. The zero-order valence-corrected chi connectivity index (χ0v) is 17.7. The van der Waals surface area contributed by atoms with E-state index in [0.29, 0.717) is 36.1 Å². The Morgan fingerprint density at radius 1 is 1.12 bits per heavy atom. The highest BCUT2D eigenvalue weighted by Gasteiger charge is 2.43. The minimum Gasteiger partial charge on any atom is -0.462 e. The number of carbonyl (C=O) groups is 2. The van der Waals surface area contributed by atoms with Gasteiger partial charge in [-0.1, -0.05) is 48.5 Å². The molecule has 2 aromatic carbocycles. The van der Waals surface area contributed by atoms with Crippen LogP contribution in [0.15, 0.2) is 77.6 Å². The average molecular weight is 432 g/mol. The Kier molecular flexibility index (Phi) is 6.16. The van der Waals surface area contributed by atoms with Gasteiger partial charge in [0.2, 0.25) is 0 Å². The van der Waals surface area contributed by atoms with Gasteiger partial charge in [0, 0.05) is 42.3 Å². The van der Waals surface area contributed by atoms with Crippen molar-refractivity contribution in [1.29, 1.82) is 0 Å². The van der Waals surface area contributed by atoms with E-state index in [2.05, 4.69) is 5.32 Å². The number of hydrogen-bond donors (Lipinski definition) is 1. The van der Waals surface area contributed by atoms with E-state index in [9.17, 15) is 19.7 Å². The molecule has 0 bridgehead atoms. The second-order valence-corrected chi connectivity index (χ2v) is 8.00. The highest BCUT2D eigenvalue weighted by molar-refractivity contribution is 5.96. The second-order valence-electron chi connectivity index (χ2n) is 8.00. The zero-order valence-electron chi connectivity index (χ0n) is 17.7. The van der Waals surface area contributed by atoms with Crippen LogP contribution in [0.25, 0.3) is 0 Å². The lowest BCUT2D eigenvalue weighted by molar-refractivity contribution is -0.384. The minimum atomic E-state index is -0.555. The van der Waals surface area contributed by atoms with E-state index >= 15 is 0 Å². The number of ether oxygens (including phenoxy) is 1. The summed E-state index contributed by atoms with van der Waals surface area (Å²) in [6.07, 6.45) is 3.62. The first-order chi connectivity index (χ1) is 15.5. The molecular formula is C25H24N2O5. The molecule has 0 aromatic heterocycles. The first-order valence-corrected chi connectivity index (χ1v) is 10.6. The van der Waals surface area contributed by atoms with Crippen LogP contribution in [0.1, 0.15) is 36.8 Å². The van der Waals surface area contributed by atoms with Crippen LogP contribution in [0.4, 0.5) is 5.69 Å². The van der Waals surface area contributed by atoms with Gasteiger partial charge in [0.25, 0.3) is 5.69 Å². The van der Waals surface area contributed by atoms with Gasteiger partial charge in [-0.25, -0.2) is 4.79 Å². The number of non-ortho nitro benzene ring substituents is 1. The van der Waals surface area contributed by atoms with Crippen molar-refractivity contribution in [2.45, 2.75) is 32.1 Å². The molecule has 7 nitrogen and oxygen atoms in total.